The molecule has 1 aromatic rings. The minimum atomic E-state index is -0.224. The Hall–Kier alpha value is -1.39. The smallest absolute Gasteiger partial charge is 0.244 e. The van der Waals surface area contributed by atoms with Gasteiger partial charge in [0.1, 0.15) is 6.04 Å². The zero-order valence-electron chi connectivity index (χ0n) is 14.0. The van der Waals surface area contributed by atoms with E-state index < -0.39 is 0 Å². The van der Waals surface area contributed by atoms with Gasteiger partial charge in [0, 0.05) is 20.2 Å². The van der Waals surface area contributed by atoms with Crippen LogP contribution in [0.1, 0.15) is 37.3 Å². The van der Waals surface area contributed by atoms with E-state index in [0.29, 0.717) is 6.10 Å². The number of carbonyl (C=O) groups is 1. The zero-order valence-corrected chi connectivity index (χ0v) is 14.0. The standard InChI is InChI=1S/C18H28N2O2/c1-19(2)17(15-9-5-4-6-10-15)18(21)20(3)13-12-16-11-7-8-14-22-16/h4-6,9-10,16-17H,7-8,11-14H2,1-3H3. The summed E-state index contributed by atoms with van der Waals surface area (Å²) >= 11 is 0. The maximum atomic E-state index is 12.8. The Balaban J connectivity index is 1.94. The number of likely N-dealkylation sites (N-methyl/N-ethyl adjacent to an activating group) is 2. The first-order chi connectivity index (χ1) is 10.6. The molecule has 0 spiro atoms. The van der Waals surface area contributed by atoms with Gasteiger partial charge < -0.3 is 9.64 Å². The molecule has 1 saturated heterocycles. The van der Waals surface area contributed by atoms with Gasteiger partial charge in [-0.15, -0.1) is 0 Å². The third-order valence-electron chi connectivity index (χ3n) is 4.30. The lowest BCUT2D eigenvalue weighted by Crippen LogP contribution is -2.39. The lowest BCUT2D eigenvalue weighted by atomic mass is 10.0. The van der Waals surface area contributed by atoms with E-state index in [9.17, 15) is 4.79 Å². The topological polar surface area (TPSA) is 32.8 Å². The molecule has 0 N–H and O–H groups in total. The minimum absolute atomic E-state index is 0.145. The molecule has 4 heteroatoms. The molecule has 122 valence electrons. The molecule has 1 aromatic carbocycles. The van der Waals surface area contributed by atoms with Gasteiger partial charge in [0.25, 0.3) is 0 Å². The van der Waals surface area contributed by atoms with Crippen LogP contribution in [-0.4, -0.2) is 56.1 Å². The van der Waals surface area contributed by atoms with Crippen molar-refractivity contribution in [3.63, 3.8) is 0 Å². The first-order valence-electron chi connectivity index (χ1n) is 8.17. The van der Waals surface area contributed by atoms with E-state index in [1.54, 1.807) is 0 Å². The van der Waals surface area contributed by atoms with Crippen LogP contribution in [-0.2, 0) is 9.53 Å². The maximum Gasteiger partial charge on any atom is 0.244 e. The number of carbonyl (C=O) groups excluding carboxylic acids is 1. The Morgan fingerprint density at radius 3 is 2.55 bits per heavy atom. The third-order valence-corrected chi connectivity index (χ3v) is 4.30. The predicted octanol–water partition coefficient (Wildman–Crippen LogP) is 2.71. The first kappa shape index (κ1) is 17.0. The van der Waals surface area contributed by atoms with E-state index in [2.05, 4.69) is 0 Å². The van der Waals surface area contributed by atoms with Crippen LogP contribution in [0, 0.1) is 0 Å². The summed E-state index contributed by atoms with van der Waals surface area (Å²) in [5.74, 6) is 0.145. The Labute approximate surface area is 134 Å². The molecule has 1 amide bonds. The van der Waals surface area contributed by atoms with Crippen LogP contribution in [0.4, 0.5) is 0 Å². The molecule has 1 fully saturated rings. The van der Waals surface area contributed by atoms with Crippen LogP contribution in [0.5, 0.6) is 0 Å². The molecule has 4 nitrogen and oxygen atoms in total. The molecule has 22 heavy (non-hydrogen) atoms. The van der Waals surface area contributed by atoms with Crippen LogP contribution in [0.2, 0.25) is 0 Å². The lowest BCUT2D eigenvalue weighted by molar-refractivity contribution is -0.135. The maximum absolute atomic E-state index is 12.8. The van der Waals surface area contributed by atoms with Gasteiger partial charge in [0.15, 0.2) is 0 Å². The molecule has 1 aliphatic heterocycles. The molecule has 0 aromatic heterocycles. The molecule has 0 bridgehead atoms. The van der Waals surface area contributed by atoms with Crippen molar-refractivity contribution < 1.29 is 9.53 Å². The third kappa shape index (κ3) is 4.55. The van der Waals surface area contributed by atoms with Crippen molar-refractivity contribution >= 4 is 5.91 Å². The van der Waals surface area contributed by atoms with Gasteiger partial charge in [0.05, 0.1) is 6.10 Å². The molecule has 2 unspecified atom stereocenters. The van der Waals surface area contributed by atoms with E-state index in [-0.39, 0.29) is 11.9 Å². The number of ether oxygens (including phenoxy) is 1. The van der Waals surface area contributed by atoms with Gasteiger partial charge in [-0.1, -0.05) is 30.3 Å². The van der Waals surface area contributed by atoms with Crippen LogP contribution in [0.25, 0.3) is 0 Å². The number of benzene rings is 1. The largest absolute Gasteiger partial charge is 0.378 e. The normalized spacial score (nSPS) is 19.9. The predicted molar refractivity (Wildman–Crippen MR) is 88.7 cm³/mol. The highest BCUT2D eigenvalue weighted by atomic mass is 16.5. The fourth-order valence-electron chi connectivity index (χ4n) is 2.99. The summed E-state index contributed by atoms with van der Waals surface area (Å²) in [6, 6.07) is 9.74. The lowest BCUT2D eigenvalue weighted by Gasteiger charge is -2.30. The Bertz CT molecular complexity index is 455. The van der Waals surface area contributed by atoms with Gasteiger partial charge in [-0.2, -0.15) is 0 Å². The SMILES string of the molecule is CN(CCC1CCCCO1)C(=O)C(c1ccccc1)N(C)C. The second-order valence-corrected chi connectivity index (χ2v) is 6.31. The van der Waals surface area contributed by atoms with Crippen molar-refractivity contribution in [1.29, 1.82) is 0 Å². The highest BCUT2D eigenvalue weighted by Crippen LogP contribution is 2.21. The van der Waals surface area contributed by atoms with Crippen LogP contribution in [0.15, 0.2) is 30.3 Å². The van der Waals surface area contributed by atoms with Gasteiger partial charge in [-0.25, -0.2) is 0 Å². The van der Waals surface area contributed by atoms with Gasteiger partial charge in [-0.3, -0.25) is 9.69 Å². The van der Waals surface area contributed by atoms with Crippen molar-refractivity contribution in [1.82, 2.24) is 9.80 Å². The van der Waals surface area contributed by atoms with Crippen LogP contribution in [0.3, 0.4) is 0 Å². The number of nitrogens with zero attached hydrogens (tertiary/aromatic N) is 2. The average molecular weight is 304 g/mol. The molecule has 1 heterocycles. The number of amides is 1. The quantitative estimate of drug-likeness (QED) is 0.810. The molecule has 0 saturated carbocycles. The summed E-state index contributed by atoms with van der Waals surface area (Å²) in [7, 11) is 5.80. The zero-order chi connectivity index (χ0) is 15.9. The van der Waals surface area contributed by atoms with Gasteiger partial charge in [0.2, 0.25) is 5.91 Å². The molecule has 0 aliphatic carbocycles. The summed E-state index contributed by atoms with van der Waals surface area (Å²) in [5.41, 5.74) is 1.04. The molecular weight excluding hydrogens is 276 g/mol. The molecule has 0 radical (unpaired) electrons. The fourth-order valence-corrected chi connectivity index (χ4v) is 2.99. The molecular formula is C18H28N2O2. The van der Waals surface area contributed by atoms with Crippen molar-refractivity contribution in [2.75, 3.05) is 34.3 Å². The Morgan fingerprint density at radius 1 is 1.23 bits per heavy atom. The molecule has 2 atom stereocenters. The monoisotopic (exact) mass is 304 g/mol. The first-order valence-corrected chi connectivity index (χ1v) is 8.17. The minimum Gasteiger partial charge on any atom is -0.378 e. The molecule has 2 rings (SSSR count). The Kier molecular flexibility index (Phi) is 6.40. The highest BCUT2D eigenvalue weighted by molar-refractivity contribution is 5.83. The Morgan fingerprint density at radius 2 is 1.95 bits per heavy atom. The highest BCUT2D eigenvalue weighted by Gasteiger charge is 2.26. The second-order valence-electron chi connectivity index (χ2n) is 6.31. The van der Waals surface area contributed by atoms with E-state index in [0.717, 1.165) is 31.6 Å². The van der Waals surface area contributed by atoms with E-state index in [1.165, 1.54) is 12.8 Å². The average Bonchev–Trinajstić information content (AvgIpc) is 2.54. The number of rotatable bonds is 6. The number of hydrogen-bond acceptors (Lipinski definition) is 3. The van der Waals surface area contributed by atoms with Crippen molar-refractivity contribution in [2.24, 2.45) is 0 Å². The summed E-state index contributed by atoms with van der Waals surface area (Å²) in [6.07, 6.45) is 4.78. The van der Waals surface area contributed by atoms with E-state index >= 15 is 0 Å². The summed E-state index contributed by atoms with van der Waals surface area (Å²) in [6.45, 7) is 1.62. The second kappa shape index (κ2) is 8.30. The van der Waals surface area contributed by atoms with Crippen molar-refractivity contribution in [3.8, 4) is 0 Å². The fraction of sp³-hybridized carbons (Fsp3) is 0.611. The van der Waals surface area contributed by atoms with Gasteiger partial charge in [-0.05, 0) is 45.3 Å². The van der Waals surface area contributed by atoms with Crippen molar-refractivity contribution in [3.05, 3.63) is 35.9 Å². The summed E-state index contributed by atoms with van der Waals surface area (Å²) < 4.78 is 5.75. The van der Waals surface area contributed by atoms with Crippen LogP contribution >= 0.6 is 0 Å². The number of hydrogen-bond donors (Lipinski definition) is 0. The van der Waals surface area contributed by atoms with Crippen molar-refractivity contribution in [2.45, 2.75) is 37.8 Å². The van der Waals surface area contributed by atoms with E-state index in [4.69, 9.17) is 4.74 Å². The summed E-state index contributed by atoms with van der Waals surface area (Å²) in [5, 5.41) is 0. The summed E-state index contributed by atoms with van der Waals surface area (Å²) in [4.78, 5) is 16.6. The van der Waals surface area contributed by atoms with E-state index in [1.807, 2.05) is 61.3 Å². The van der Waals surface area contributed by atoms with Gasteiger partial charge >= 0.3 is 0 Å². The van der Waals surface area contributed by atoms with Crippen LogP contribution < -0.4 is 0 Å². The molecule has 1 aliphatic rings.